The van der Waals surface area contributed by atoms with Crippen LogP contribution in [0.15, 0.2) is 0 Å². The maximum Gasteiger partial charge on any atom is 0.204 e. The minimum Gasteiger partial charge on any atom is -0.432 e. The molecule has 3 N–H and O–H groups in total. The highest BCUT2D eigenvalue weighted by Gasteiger charge is 2.34. The molecule has 129 heavy (non-hydrogen) atoms. The van der Waals surface area contributed by atoms with E-state index in [-0.39, 0.29) is 43.2 Å². The number of thioether (sulfide) groups is 1. The van der Waals surface area contributed by atoms with Crippen LogP contribution in [-0.4, -0.2) is 492 Å². The van der Waals surface area contributed by atoms with Crippen molar-refractivity contribution in [1.82, 2.24) is 0 Å². The van der Waals surface area contributed by atoms with Gasteiger partial charge >= 0.3 is 0 Å². The summed E-state index contributed by atoms with van der Waals surface area (Å²) in [6.07, 6.45) is 6.11. The summed E-state index contributed by atoms with van der Waals surface area (Å²) in [6, 6.07) is 3.22. The van der Waals surface area contributed by atoms with Crippen molar-refractivity contribution in [2.75, 3.05) is 415 Å². The third-order valence-electron chi connectivity index (χ3n) is 18.2. The minimum absolute atomic E-state index is 0.0138. The molecular weight excluding hydrogens is 1760 g/mol. The molecule has 0 fully saturated rings. The van der Waals surface area contributed by atoms with Crippen LogP contribution in [0.4, 0.5) is 0 Å². The SMILES string of the molecule is CCCC[Si](O)C[Si](C)(CCCSCCCOCCOCCOCCOCCOCCOCCOCCOCCOCCOCCOCCOCCOCCOCCOCCOCCOCCOCCOCCOCCOCCOCCOCCOCCOCCOCCOCCOC(C)COC(C)COC(C)COC(C)COC(C)COC(C)CO)C[Si](O)CCCC. The molecule has 774 valence electrons. The first-order valence-corrected chi connectivity index (χ1v) is 55.9. The Labute approximate surface area is 786 Å². The molecule has 0 rings (SSSR count). The van der Waals surface area contributed by atoms with Crippen molar-refractivity contribution < 1.29 is 171 Å². The summed E-state index contributed by atoms with van der Waals surface area (Å²) in [5.74, 6) is 2.24. The van der Waals surface area contributed by atoms with Gasteiger partial charge in [-0.1, -0.05) is 52.1 Å². The third-order valence-corrected chi connectivity index (χ3v) is 32.9. The van der Waals surface area contributed by atoms with Gasteiger partial charge in [-0.15, -0.1) is 0 Å². The maximum atomic E-state index is 10.8. The number of ether oxygens (including phenoxy) is 33. The number of hydrogen-bond donors (Lipinski definition) is 3. The van der Waals surface area contributed by atoms with E-state index in [4.69, 9.17) is 161 Å². The Hall–Kier alpha value is -0.439. The molecule has 0 spiro atoms. The largest absolute Gasteiger partial charge is 0.432 e. The molecule has 2 radical (unpaired) electrons. The van der Waals surface area contributed by atoms with E-state index in [0.29, 0.717) is 390 Å². The van der Waals surface area contributed by atoms with Gasteiger partial charge in [0, 0.05) is 14.7 Å². The third kappa shape index (κ3) is 106. The highest BCUT2D eigenvalue weighted by Crippen LogP contribution is 2.28. The molecule has 0 saturated carbocycles. The van der Waals surface area contributed by atoms with Gasteiger partial charge in [0.15, 0.2) is 0 Å². The van der Waals surface area contributed by atoms with Crippen LogP contribution >= 0.6 is 11.8 Å². The Morgan fingerprint density at radius 3 is 0.566 bits per heavy atom. The second kappa shape index (κ2) is 108. The first-order valence-electron chi connectivity index (χ1n) is 47.9. The topological polar surface area (TPSA) is 365 Å². The van der Waals surface area contributed by atoms with Gasteiger partial charge in [0.05, 0.1) is 433 Å². The molecule has 0 aliphatic rings. The molecule has 0 heterocycles. The quantitative estimate of drug-likeness (QED) is 0.0404. The fourth-order valence-corrected chi connectivity index (χ4v) is 27.1. The summed E-state index contributed by atoms with van der Waals surface area (Å²) in [5, 5.41) is 9.08. The zero-order chi connectivity index (χ0) is 93.5. The number of aliphatic hydroxyl groups is 1. The Bertz CT molecular complexity index is 2080. The lowest BCUT2D eigenvalue weighted by atomic mass is 10.3. The number of hydrogen-bond acceptors (Lipinski definition) is 37. The van der Waals surface area contributed by atoms with E-state index < -0.39 is 26.2 Å². The van der Waals surface area contributed by atoms with Crippen LogP contribution in [0, 0.1) is 0 Å². The van der Waals surface area contributed by atoms with Gasteiger partial charge in [-0.25, -0.2) is 0 Å². The molecule has 0 aromatic rings. The van der Waals surface area contributed by atoms with Gasteiger partial charge in [-0.3, -0.25) is 0 Å². The van der Waals surface area contributed by atoms with Gasteiger partial charge < -0.3 is 171 Å². The van der Waals surface area contributed by atoms with E-state index in [0.717, 1.165) is 73.6 Å². The van der Waals surface area contributed by atoms with Crippen LogP contribution < -0.4 is 0 Å². The summed E-state index contributed by atoms with van der Waals surface area (Å²) in [5.41, 5.74) is 2.08. The van der Waals surface area contributed by atoms with Crippen molar-refractivity contribution in [3.63, 3.8) is 0 Å². The van der Waals surface area contributed by atoms with Gasteiger partial charge in [-0.05, 0) is 89.3 Å². The molecule has 0 aromatic heterocycles. The van der Waals surface area contributed by atoms with Crippen molar-refractivity contribution in [3.05, 3.63) is 0 Å². The second-order valence-electron chi connectivity index (χ2n) is 30.7. The van der Waals surface area contributed by atoms with E-state index in [1.165, 1.54) is 12.5 Å². The fraction of sp³-hybridized carbons (Fsp3) is 1.00. The Morgan fingerprint density at radius 2 is 0.380 bits per heavy atom. The summed E-state index contributed by atoms with van der Waals surface area (Å²) >= 11 is 2.00. The molecule has 0 saturated heterocycles. The maximum absolute atomic E-state index is 10.8. The van der Waals surface area contributed by atoms with Crippen molar-refractivity contribution in [1.29, 1.82) is 0 Å². The summed E-state index contributed by atoms with van der Waals surface area (Å²) in [4.78, 5) is 21.6. The lowest BCUT2D eigenvalue weighted by Gasteiger charge is -2.30. The zero-order valence-corrected chi connectivity index (χ0v) is 85.3. The second-order valence-corrected chi connectivity index (χ2v) is 42.1. The highest BCUT2D eigenvalue weighted by atomic mass is 32.2. The van der Waals surface area contributed by atoms with Crippen LogP contribution in [0.5, 0.6) is 0 Å². The molecular formula is C89H184O36SSi3. The summed E-state index contributed by atoms with van der Waals surface area (Å²) < 4.78 is 185. The molecule has 0 aliphatic carbocycles. The number of aliphatic hydroxyl groups excluding tert-OH is 1. The summed E-state index contributed by atoms with van der Waals surface area (Å²) in [6.45, 7) is 47.5. The lowest BCUT2D eigenvalue weighted by Crippen LogP contribution is -2.41. The predicted molar refractivity (Wildman–Crippen MR) is 500 cm³/mol. The van der Waals surface area contributed by atoms with E-state index >= 15 is 0 Å². The van der Waals surface area contributed by atoms with Crippen molar-refractivity contribution >= 4 is 37.9 Å². The molecule has 6 unspecified atom stereocenters. The van der Waals surface area contributed by atoms with Crippen LogP contribution in [0.1, 0.15) is 93.9 Å². The molecule has 40 heteroatoms. The van der Waals surface area contributed by atoms with Crippen molar-refractivity contribution in [2.45, 2.75) is 167 Å². The van der Waals surface area contributed by atoms with E-state index in [2.05, 4.69) is 20.4 Å². The van der Waals surface area contributed by atoms with Crippen molar-refractivity contribution in [3.8, 4) is 0 Å². The zero-order valence-electron chi connectivity index (χ0n) is 81.5. The molecule has 36 nitrogen and oxygen atoms in total. The number of rotatable bonds is 116. The molecule has 0 aliphatic heterocycles. The fourth-order valence-electron chi connectivity index (χ4n) is 11.0. The normalized spacial score (nSPS) is 13.6. The first-order chi connectivity index (χ1) is 63.3. The van der Waals surface area contributed by atoms with Gasteiger partial charge in [0.1, 0.15) is 0 Å². The van der Waals surface area contributed by atoms with E-state index in [1.54, 1.807) is 0 Å². The van der Waals surface area contributed by atoms with Crippen LogP contribution in [0.3, 0.4) is 0 Å². The first kappa shape index (κ1) is 129. The molecule has 0 aromatic carbocycles. The van der Waals surface area contributed by atoms with Crippen LogP contribution in [-0.2, 0) is 156 Å². The smallest absolute Gasteiger partial charge is 0.204 e. The average Bonchev–Trinajstić information content (AvgIpc) is 0.868. The van der Waals surface area contributed by atoms with Crippen molar-refractivity contribution in [2.24, 2.45) is 0 Å². The van der Waals surface area contributed by atoms with Gasteiger partial charge in [0.25, 0.3) is 0 Å². The lowest BCUT2D eigenvalue weighted by molar-refractivity contribution is -0.104. The van der Waals surface area contributed by atoms with E-state index in [1.807, 2.05) is 53.3 Å². The highest BCUT2D eigenvalue weighted by molar-refractivity contribution is 7.99. The Balaban J connectivity index is 3.23. The standard InChI is InChI=1S/C89H184O36SSi3/c1-10-12-73-127(91)82-129(9,83-128(92)74-13-11-2)75-15-72-126-71-14-16-93-17-18-94-19-20-95-21-22-96-23-24-97-25-26-98-27-28-99-29-30-100-31-32-101-33-34-102-35-36-103-37-38-104-39-40-105-41-42-106-43-44-107-45-46-108-47-48-109-49-50-110-51-52-111-53-54-112-55-56-113-57-58-114-59-60-115-61-62-116-63-64-117-65-66-118-67-68-119-69-70-120-85(4)77-122-87(6)79-124-89(8)81-125-88(7)80-123-86(5)78-121-84(3)76-90/h84-92H,10-83H2,1-9H3. The Kier molecular flexibility index (Phi) is 108. The minimum atomic E-state index is -1.62. The van der Waals surface area contributed by atoms with Gasteiger partial charge in [0.2, 0.25) is 18.1 Å². The van der Waals surface area contributed by atoms with Gasteiger partial charge in [-0.2, -0.15) is 11.8 Å². The molecule has 0 amide bonds. The average molecular weight is 1950 g/mol. The van der Waals surface area contributed by atoms with Crippen LogP contribution in [0.25, 0.3) is 0 Å². The Morgan fingerprint density at radius 1 is 0.217 bits per heavy atom. The summed E-state index contributed by atoms with van der Waals surface area (Å²) in [7, 11) is -4.16. The van der Waals surface area contributed by atoms with Crippen LogP contribution in [0.2, 0.25) is 36.0 Å². The number of unbranched alkanes of at least 4 members (excludes halogenated alkanes) is 2. The molecule has 0 bridgehead atoms. The predicted octanol–water partition coefficient (Wildman–Crippen LogP) is 7.10. The van der Waals surface area contributed by atoms with E-state index in [9.17, 15) is 9.59 Å². The molecule has 6 atom stereocenters. The monoisotopic (exact) mass is 1950 g/mol.